The van der Waals surface area contributed by atoms with Gasteiger partial charge in [-0.05, 0) is 50.4 Å². The van der Waals surface area contributed by atoms with Gasteiger partial charge < -0.3 is 4.74 Å². The molecule has 1 aliphatic heterocycles. The van der Waals surface area contributed by atoms with E-state index in [-0.39, 0.29) is 0 Å². The summed E-state index contributed by atoms with van der Waals surface area (Å²) < 4.78 is 9.14. The molecule has 27 heavy (non-hydrogen) atoms. The average Bonchev–Trinajstić information content (AvgIpc) is 3.34. The van der Waals surface area contributed by atoms with E-state index < -0.39 is 0 Å². The van der Waals surface area contributed by atoms with E-state index in [9.17, 15) is 0 Å². The van der Waals surface area contributed by atoms with Crippen molar-refractivity contribution in [3.8, 4) is 0 Å². The Morgan fingerprint density at radius 2 is 1.81 bits per heavy atom. The Morgan fingerprint density at radius 1 is 1.07 bits per heavy atom. The molecule has 4 aromatic heterocycles. The summed E-state index contributed by atoms with van der Waals surface area (Å²) in [6.45, 7) is 1.51. The van der Waals surface area contributed by atoms with Crippen molar-refractivity contribution in [3.05, 3.63) is 43.8 Å². The van der Waals surface area contributed by atoms with Gasteiger partial charge in [0.2, 0.25) is 0 Å². The Hall–Kier alpha value is -1.26. The fourth-order valence-electron chi connectivity index (χ4n) is 2.84. The fraction of sp³-hybridized carbons (Fsp3) is 0.250. The van der Waals surface area contributed by atoms with E-state index in [2.05, 4.69) is 57.1 Å². The molecule has 1 unspecified atom stereocenters. The van der Waals surface area contributed by atoms with Crippen molar-refractivity contribution in [2.45, 2.75) is 12.5 Å². The van der Waals surface area contributed by atoms with Crippen LogP contribution in [0.15, 0.2) is 33.5 Å². The first-order chi connectivity index (χ1) is 13.0. The van der Waals surface area contributed by atoms with Crippen LogP contribution in [0.5, 0.6) is 0 Å². The van der Waals surface area contributed by atoms with Crippen LogP contribution in [-0.2, 0) is 4.74 Å². The highest BCUT2D eigenvalue weighted by Gasteiger charge is 2.21. The summed E-state index contributed by atoms with van der Waals surface area (Å²) in [4.78, 5) is 8.28. The molecule has 7 nitrogen and oxygen atoms in total. The molecule has 5 rings (SSSR count). The van der Waals surface area contributed by atoms with Gasteiger partial charge in [0, 0.05) is 15.6 Å². The molecule has 0 bridgehead atoms. The minimum Gasteiger partial charge on any atom is -0.379 e. The normalized spacial score (nSPS) is 16.7. The molecule has 5 heterocycles. The number of rotatable bonds is 1. The topological polar surface area (TPSA) is 81.5 Å². The number of hydrogen-bond acceptors (Lipinski definition) is 5. The molecule has 4 aromatic rings. The van der Waals surface area contributed by atoms with Crippen LogP contribution in [0.2, 0.25) is 10.3 Å². The first kappa shape index (κ1) is 19.1. The number of aromatic amines is 1. The highest BCUT2D eigenvalue weighted by molar-refractivity contribution is 9.11. The predicted molar refractivity (Wildman–Crippen MR) is 111 cm³/mol. The van der Waals surface area contributed by atoms with Gasteiger partial charge >= 0.3 is 0 Å². The van der Waals surface area contributed by atoms with Gasteiger partial charge in [0.15, 0.2) is 0 Å². The summed E-state index contributed by atoms with van der Waals surface area (Å²) in [6, 6.07) is 3.82. The van der Waals surface area contributed by atoms with Crippen molar-refractivity contribution in [1.29, 1.82) is 0 Å². The summed E-state index contributed by atoms with van der Waals surface area (Å²) >= 11 is 18.4. The molecule has 1 N–H and O–H groups in total. The third-order valence-corrected chi connectivity index (χ3v) is 5.68. The molecular formula is C16H12Br2Cl2N6O. The van der Waals surface area contributed by atoms with Crippen molar-refractivity contribution in [3.63, 3.8) is 0 Å². The highest BCUT2D eigenvalue weighted by atomic mass is 79.9. The second-order valence-corrected chi connectivity index (χ2v) is 8.31. The number of hydrogen-bond donors (Lipinski definition) is 1. The van der Waals surface area contributed by atoms with Gasteiger partial charge in [-0.15, -0.1) is 0 Å². The van der Waals surface area contributed by atoms with Crippen LogP contribution in [0, 0.1) is 0 Å². The van der Waals surface area contributed by atoms with Crippen molar-refractivity contribution in [1.82, 2.24) is 29.9 Å². The first-order valence-electron chi connectivity index (χ1n) is 7.95. The molecule has 1 atom stereocenters. The molecule has 0 radical (unpaired) electrons. The quantitative estimate of drug-likeness (QED) is 0.340. The second-order valence-electron chi connectivity index (χ2n) is 5.82. The van der Waals surface area contributed by atoms with Crippen LogP contribution >= 0.6 is 55.1 Å². The minimum atomic E-state index is 0.303. The lowest BCUT2D eigenvalue weighted by atomic mass is 10.2. The maximum absolute atomic E-state index is 5.89. The van der Waals surface area contributed by atoms with Gasteiger partial charge in [-0.25, -0.2) is 9.97 Å². The predicted octanol–water partition coefficient (Wildman–Crippen LogP) is 5.18. The number of nitrogens with zero attached hydrogens (tertiary/aromatic N) is 5. The number of ether oxygens (including phenoxy) is 1. The molecule has 11 heteroatoms. The number of halogens is 4. The summed E-state index contributed by atoms with van der Waals surface area (Å²) in [6.07, 6.45) is 4.36. The SMILES string of the molecule is Clc1cc(Br)c2[nH]ncc2n1.Clc1cc(Br)c2c(cnn2C2CCOC2)n1. The van der Waals surface area contributed by atoms with Gasteiger partial charge in [0.25, 0.3) is 0 Å². The van der Waals surface area contributed by atoms with Gasteiger partial charge in [-0.1, -0.05) is 23.2 Å². The van der Waals surface area contributed by atoms with Gasteiger partial charge in [0.1, 0.15) is 26.9 Å². The first-order valence-corrected chi connectivity index (χ1v) is 10.3. The molecule has 0 amide bonds. The van der Waals surface area contributed by atoms with E-state index >= 15 is 0 Å². The number of H-pyrrole nitrogens is 1. The molecule has 1 aliphatic rings. The van der Waals surface area contributed by atoms with Crippen LogP contribution in [0.1, 0.15) is 12.5 Å². The zero-order valence-corrected chi connectivity index (χ0v) is 18.3. The zero-order valence-electron chi connectivity index (χ0n) is 13.7. The number of fused-ring (bicyclic) bond motifs is 2. The van der Waals surface area contributed by atoms with E-state index in [1.165, 1.54) is 0 Å². The standard InChI is InChI=1S/C10H9BrClN3O.C6H3BrClN3/c11-7-3-9(12)14-8-4-13-15(10(7)8)6-1-2-16-5-6;7-3-1-5(8)10-4-2-9-11-6(3)4/h3-4,6H,1-2,5H2;1-2H,(H,9,11). The summed E-state index contributed by atoms with van der Waals surface area (Å²) in [5.41, 5.74) is 3.44. The molecule has 0 aliphatic carbocycles. The van der Waals surface area contributed by atoms with E-state index in [1.807, 2.05) is 4.68 Å². The Balaban J connectivity index is 0.000000143. The van der Waals surface area contributed by atoms with E-state index in [0.29, 0.717) is 23.0 Å². The number of aromatic nitrogens is 6. The maximum Gasteiger partial charge on any atom is 0.131 e. The highest BCUT2D eigenvalue weighted by Crippen LogP contribution is 2.30. The van der Waals surface area contributed by atoms with Crippen LogP contribution < -0.4 is 0 Å². The smallest absolute Gasteiger partial charge is 0.131 e. The second kappa shape index (κ2) is 8.00. The van der Waals surface area contributed by atoms with Crippen molar-refractivity contribution in [2.75, 3.05) is 13.2 Å². The molecule has 0 aromatic carbocycles. The summed E-state index contributed by atoms with van der Waals surface area (Å²) in [5.74, 6) is 0. The van der Waals surface area contributed by atoms with Crippen LogP contribution in [-0.4, -0.2) is 43.2 Å². The van der Waals surface area contributed by atoms with Gasteiger partial charge in [-0.3, -0.25) is 9.78 Å². The average molecular weight is 535 g/mol. The van der Waals surface area contributed by atoms with E-state index in [4.69, 9.17) is 27.9 Å². The maximum atomic E-state index is 5.89. The summed E-state index contributed by atoms with van der Waals surface area (Å²) in [7, 11) is 0. The molecule has 0 spiro atoms. The number of pyridine rings is 2. The molecule has 0 saturated carbocycles. The zero-order chi connectivity index (χ0) is 19.0. The molecule has 1 saturated heterocycles. The van der Waals surface area contributed by atoms with E-state index in [0.717, 1.165) is 44.0 Å². The van der Waals surface area contributed by atoms with Crippen molar-refractivity contribution < 1.29 is 4.74 Å². The largest absolute Gasteiger partial charge is 0.379 e. The fourth-order valence-corrected chi connectivity index (χ4v) is 4.62. The number of nitrogens with one attached hydrogen (secondary N) is 1. The lowest BCUT2D eigenvalue weighted by Gasteiger charge is -2.10. The molecular weight excluding hydrogens is 523 g/mol. The molecule has 1 fully saturated rings. The van der Waals surface area contributed by atoms with Crippen LogP contribution in [0.25, 0.3) is 22.1 Å². The Morgan fingerprint density at radius 3 is 2.56 bits per heavy atom. The summed E-state index contributed by atoms with van der Waals surface area (Å²) in [5, 5.41) is 11.9. The monoisotopic (exact) mass is 532 g/mol. The Kier molecular flexibility index (Phi) is 5.65. The minimum absolute atomic E-state index is 0.303. The Labute approximate surface area is 180 Å². The van der Waals surface area contributed by atoms with Crippen molar-refractivity contribution >= 4 is 77.1 Å². The molecule has 140 valence electrons. The van der Waals surface area contributed by atoms with Gasteiger partial charge in [-0.2, -0.15) is 10.2 Å². The van der Waals surface area contributed by atoms with Crippen LogP contribution in [0.3, 0.4) is 0 Å². The third-order valence-electron chi connectivity index (χ3n) is 4.06. The third kappa shape index (κ3) is 3.97. The lowest BCUT2D eigenvalue weighted by molar-refractivity contribution is 0.185. The van der Waals surface area contributed by atoms with Crippen molar-refractivity contribution in [2.24, 2.45) is 0 Å². The lowest BCUT2D eigenvalue weighted by Crippen LogP contribution is -2.10. The van der Waals surface area contributed by atoms with E-state index in [1.54, 1.807) is 24.5 Å². The van der Waals surface area contributed by atoms with Gasteiger partial charge in [0.05, 0.1) is 30.6 Å². The van der Waals surface area contributed by atoms with Crippen LogP contribution in [0.4, 0.5) is 0 Å². The Bertz CT molecular complexity index is 1110.